The van der Waals surface area contributed by atoms with E-state index in [-0.39, 0.29) is 6.10 Å². The fraction of sp³-hybridized carbons (Fsp3) is 0.733. The molecular formula is C15H25NO2. The molecule has 2 rings (SSSR count). The molecular weight excluding hydrogens is 226 g/mol. The van der Waals surface area contributed by atoms with Gasteiger partial charge in [0, 0.05) is 18.0 Å². The number of aromatic nitrogens is 1. The van der Waals surface area contributed by atoms with Crippen molar-refractivity contribution in [3.05, 3.63) is 22.5 Å². The zero-order valence-corrected chi connectivity index (χ0v) is 11.9. The summed E-state index contributed by atoms with van der Waals surface area (Å²) in [4.78, 5) is 3.32. The molecule has 1 aliphatic rings. The van der Waals surface area contributed by atoms with Crippen LogP contribution in [-0.4, -0.2) is 22.8 Å². The maximum absolute atomic E-state index is 10.3. The summed E-state index contributed by atoms with van der Waals surface area (Å²) in [6.07, 6.45) is 3.13. The fourth-order valence-electron chi connectivity index (χ4n) is 2.88. The normalized spacial score (nSPS) is 24.9. The van der Waals surface area contributed by atoms with Gasteiger partial charge in [0.25, 0.3) is 0 Å². The lowest BCUT2D eigenvalue weighted by Gasteiger charge is -2.36. The van der Waals surface area contributed by atoms with Crippen molar-refractivity contribution in [2.45, 2.75) is 59.2 Å². The van der Waals surface area contributed by atoms with Crippen LogP contribution in [0.25, 0.3) is 0 Å². The van der Waals surface area contributed by atoms with Crippen molar-refractivity contribution in [3.8, 4) is 0 Å². The van der Waals surface area contributed by atoms with E-state index in [1.165, 1.54) is 16.8 Å². The van der Waals surface area contributed by atoms with Crippen LogP contribution in [0, 0.1) is 26.7 Å². The first-order chi connectivity index (χ1) is 8.52. The molecule has 3 heteroatoms. The average molecular weight is 251 g/mol. The van der Waals surface area contributed by atoms with Crippen LogP contribution in [0.15, 0.2) is 0 Å². The predicted molar refractivity (Wildman–Crippen MR) is 72.7 cm³/mol. The van der Waals surface area contributed by atoms with Crippen LogP contribution in [-0.2, 0) is 4.74 Å². The largest absolute Gasteiger partial charge is 0.387 e. The Balaban J connectivity index is 1.89. The molecule has 1 atom stereocenters. The van der Waals surface area contributed by atoms with Gasteiger partial charge in [-0.1, -0.05) is 0 Å². The van der Waals surface area contributed by atoms with Crippen molar-refractivity contribution in [1.29, 1.82) is 0 Å². The Morgan fingerprint density at radius 3 is 2.44 bits per heavy atom. The maximum Gasteiger partial charge on any atom is 0.0943 e. The standard InChI is InChI=1S/C15H25NO2/c1-5-18-13-6-12(7-13)8-14(17)15-10(3)9(2)11(4)16-15/h12-14,16-17H,5-8H2,1-4H3. The molecule has 0 spiro atoms. The molecule has 18 heavy (non-hydrogen) atoms. The number of aromatic amines is 1. The van der Waals surface area contributed by atoms with Crippen LogP contribution < -0.4 is 0 Å². The second-order valence-corrected chi connectivity index (χ2v) is 5.58. The van der Waals surface area contributed by atoms with Gasteiger partial charge < -0.3 is 14.8 Å². The van der Waals surface area contributed by atoms with Gasteiger partial charge in [-0.2, -0.15) is 0 Å². The van der Waals surface area contributed by atoms with Gasteiger partial charge >= 0.3 is 0 Å². The van der Waals surface area contributed by atoms with E-state index < -0.39 is 0 Å². The molecule has 0 radical (unpaired) electrons. The molecule has 1 fully saturated rings. The van der Waals surface area contributed by atoms with Gasteiger partial charge in [0.1, 0.15) is 0 Å². The lowest BCUT2D eigenvalue weighted by molar-refractivity contribution is -0.0383. The number of hydrogen-bond acceptors (Lipinski definition) is 2. The number of aliphatic hydroxyl groups is 1. The molecule has 0 aromatic carbocycles. The third-order valence-corrected chi connectivity index (χ3v) is 4.34. The summed E-state index contributed by atoms with van der Waals surface area (Å²) in [6.45, 7) is 9.09. The lowest BCUT2D eigenvalue weighted by atomic mass is 9.78. The third kappa shape index (κ3) is 2.62. The summed E-state index contributed by atoms with van der Waals surface area (Å²) in [6, 6.07) is 0. The van der Waals surface area contributed by atoms with Crippen LogP contribution >= 0.6 is 0 Å². The molecule has 102 valence electrons. The molecule has 3 nitrogen and oxygen atoms in total. The molecule has 1 unspecified atom stereocenters. The predicted octanol–water partition coefficient (Wildman–Crippen LogP) is 3.18. The van der Waals surface area contributed by atoms with Crippen molar-refractivity contribution < 1.29 is 9.84 Å². The number of aliphatic hydroxyl groups excluding tert-OH is 1. The molecule has 0 amide bonds. The monoisotopic (exact) mass is 251 g/mol. The molecule has 1 saturated carbocycles. The quantitative estimate of drug-likeness (QED) is 0.844. The van der Waals surface area contributed by atoms with E-state index in [1.807, 2.05) is 6.92 Å². The van der Waals surface area contributed by atoms with Gasteiger partial charge in [-0.25, -0.2) is 0 Å². The van der Waals surface area contributed by atoms with Crippen molar-refractivity contribution in [2.75, 3.05) is 6.61 Å². The van der Waals surface area contributed by atoms with Crippen molar-refractivity contribution in [1.82, 2.24) is 4.98 Å². The van der Waals surface area contributed by atoms with Crippen LogP contribution in [0.1, 0.15) is 54.8 Å². The van der Waals surface area contributed by atoms with E-state index in [9.17, 15) is 5.11 Å². The van der Waals surface area contributed by atoms with Crippen LogP contribution in [0.3, 0.4) is 0 Å². The minimum Gasteiger partial charge on any atom is -0.387 e. The molecule has 1 aliphatic carbocycles. The minimum atomic E-state index is -0.357. The Bertz CT molecular complexity index is 405. The number of hydrogen-bond donors (Lipinski definition) is 2. The highest BCUT2D eigenvalue weighted by Crippen LogP contribution is 2.37. The Labute approximate surface area is 110 Å². The number of ether oxygens (including phenoxy) is 1. The first-order valence-corrected chi connectivity index (χ1v) is 6.98. The molecule has 0 aliphatic heterocycles. The van der Waals surface area contributed by atoms with Gasteiger partial charge in [-0.3, -0.25) is 0 Å². The zero-order valence-electron chi connectivity index (χ0n) is 11.9. The van der Waals surface area contributed by atoms with E-state index in [2.05, 4.69) is 25.8 Å². The summed E-state index contributed by atoms with van der Waals surface area (Å²) in [5, 5.41) is 10.3. The first-order valence-electron chi connectivity index (χ1n) is 6.98. The summed E-state index contributed by atoms with van der Waals surface area (Å²) in [5.41, 5.74) is 4.65. The molecule has 1 aromatic heterocycles. The summed E-state index contributed by atoms with van der Waals surface area (Å²) < 4.78 is 5.55. The van der Waals surface area contributed by atoms with Crippen molar-refractivity contribution >= 4 is 0 Å². The van der Waals surface area contributed by atoms with Gasteiger partial charge in [0.15, 0.2) is 0 Å². The molecule has 2 N–H and O–H groups in total. The highest BCUT2D eigenvalue weighted by molar-refractivity contribution is 5.35. The Hall–Kier alpha value is -0.800. The highest BCUT2D eigenvalue weighted by atomic mass is 16.5. The average Bonchev–Trinajstić information content (AvgIpc) is 2.54. The minimum absolute atomic E-state index is 0.357. The second-order valence-electron chi connectivity index (χ2n) is 5.58. The Morgan fingerprint density at radius 2 is 1.94 bits per heavy atom. The van der Waals surface area contributed by atoms with Gasteiger partial charge in [-0.05, 0) is 64.0 Å². The smallest absolute Gasteiger partial charge is 0.0943 e. The maximum atomic E-state index is 10.3. The fourth-order valence-corrected chi connectivity index (χ4v) is 2.88. The Kier molecular flexibility index (Phi) is 4.13. The van der Waals surface area contributed by atoms with Crippen molar-refractivity contribution in [3.63, 3.8) is 0 Å². The van der Waals surface area contributed by atoms with E-state index in [1.54, 1.807) is 0 Å². The van der Waals surface area contributed by atoms with Crippen LogP contribution in [0.2, 0.25) is 0 Å². The van der Waals surface area contributed by atoms with Gasteiger partial charge in [0.05, 0.1) is 12.2 Å². The number of aryl methyl sites for hydroxylation is 1. The first kappa shape index (κ1) is 13.6. The van der Waals surface area contributed by atoms with E-state index in [0.29, 0.717) is 12.0 Å². The lowest BCUT2D eigenvalue weighted by Crippen LogP contribution is -2.32. The number of H-pyrrole nitrogens is 1. The van der Waals surface area contributed by atoms with Crippen LogP contribution in [0.5, 0.6) is 0 Å². The van der Waals surface area contributed by atoms with E-state index >= 15 is 0 Å². The van der Waals surface area contributed by atoms with Crippen LogP contribution in [0.4, 0.5) is 0 Å². The molecule has 1 aromatic rings. The molecule has 0 saturated heterocycles. The van der Waals surface area contributed by atoms with E-state index in [0.717, 1.165) is 31.6 Å². The summed E-state index contributed by atoms with van der Waals surface area (Å²) >= 11 is 0. The zero-order chi connectivity index (χ0) is 13.3. The third-order valence-electron chi connectivity index (χ3n) is 4.34. The van der Waals surface area contributed by atoms with E-state index in [4.69, 9.17) is 4.74 Å². The summed E-state index contributed by atoms with van der Waals surface area (Å²) in [5.74, 6) is 0.611. The Morgan fingerprint density at radius 1 is 1.28 bits per heavy atom. The van der Waals surface area contributed by atoms with Crippen molar-refractivity contribution in [2.24, 2.45) is 5.92 Å². The number of nitrogens with one attached hydrogen (secondary N) is 1. The second kappa shape index (κ2) is 5.45. The molecule has 0 bridgehead atoms. The van der Waals surface area contributed by atoms with Gasteiger partial charge in [0.2, 0.25) is 0 Å². The highest BCUT2D eigenvalue weighted by Gasteiger charge is 2.32. The topological polar surface area (TPSA) is 45.2 Å². The van der Waals surface area contributed by atoms with Gasteiger partial charge in [-0.15, -0.1) is 0 Å². The summed E-state index contributed by atoms with van der Waals surface area (Å²) in [7, 11) is 0. The molecule has 1 heterocycles. The number of rotatable bonds is 5. The SMILES string of the molecule is CCOC1CC(CC(O)c2[nH]c(C)c(C)c2C)C1.